The number of carbonyl (C=O) groups excluding carboxylic acids is 1. The fourth-order valence-electron chi connectivity index (χ4n) is 3.08. The molecular weight excluding hydrogens is 280 g/mol. The third kappa shape index (κ3) is 6.13. The summed E-state index contributed by atoms with van der Waals surface area (Å²) in [5.74, 6) is 0.715. The lowest BCUT2D eigenvalue weighted by Gasteiger charge is -2.30. The van der Waals surface area contributed by atoms with Gasteiger partial charge < -0.3 is 19.7 Å². The number of hydrogen-bond acceptors (Lipinski definition) is 4. The van der Waals surface area contributed by atoms with Gasteiger partial charge in [0.2, 0.25) is 0 Å². The van der Waals surface area contributed by atoms with Gasteiger partial charge in [0.25, 0.3) is 0 Å². The van der Waals surface area contributed by atoms with Crippen LogP contribution in [-0.2, 0) is 9.47 Å². The van der Waals surface area contributed by atoms with Crippen molar-refractivity contribution in [1.29, 1.82) is 0 Å². The van der Waals surface area contributed by atoms with Crippen LogP contribution in [-0.4, -0.2) is 55.5 Å². The zero-order chi connectivity index (χ0) is 16.0. The Bertz CT molecular complexity index is 348. The van der Waals surface area contributed by atoms with Gasteiger partial charge in [-0.2, -0.15) is 0 Å². The number of ether oxygens (including phenoxy) is 2. The summed E-state index contributed by atoms with van der Waals surface area (Å²) in [5.41, 5.74) is -0.422. The molecule has 5 heteroatoms. The molecule has 2 saturated heterocycles. The molecule has 128 valence electrons. The van der Waals surface area contributed by atoms with E-state index in [0.29, 0.717) is 12.0 Å². The van der Waals surface area contributed by atoms with Gasteiger partial charge >= 0.3 is 6.09 Å². The Morgan fingerprint density at radius 2 is 1.95 bits per heavy atom. The van der Waals surface area contributed by atoms with Gasteiger partial charge in [0.15, 0.2) is 0 Å². The molecule has 5 nitrogen and oxygen atoms in total. The summed E-state index contributed by atoms with van der Waals surface area (Å²) in [4.78, 5) is 14.2. The number of hydrogen-bond donors (Lipinski definition) is 1. The number of likely N-dealkylation sites (tertiary alicyclic amines) is 1. The van der Waals surface area contributed by atoms with Crippen molar-refractivity contribution in [3.05, 3.63) is 0 Å². The van der Waals surface area contributed by atoms with Gasteiger partial charge in [-0.1, -0.05) is 6.42 Å². The maximum absolute atomic E-state index is 12.3. The van der Waals surface area contributed by atoms with Crippen molar-refractivity contribution in [2.24, 2.45) is 5.92 Å². The summed E-state index contributed by atoms with van der Waals surface area (Å²) in [6.45, 7) is 10.2. The fourth-order valence-corrected chi connectivity index (χ4v) is 3.08. The first kappa shape index (κ1) is 17.5. The molecule has 1 N–H and O–H groups in total. The van der Waals surface area contributed by atoms with Gasteiger partial charge in [-0.3, -0.25) is 0 Å². The topological polar surface area (TPSA) is 50.8 Å². The first-order chi connectivity index (χ1) is 10.4. The molecule has 0 bridgehead atoms. The minimum Gasteiger partial charge on any atom is -0.444 e. The van der Waals surface area contributed by atoms with Crippen molar-refractivity contribution >= 4 is 6.09 Å². The SMILES string of the molecule is CC(C)(C)OC(=O)N1CCCCC(NCC2CCOCC2)C1. The van der Waals surface area contributed by atoms with Crippen LogP contribution >= 0.6 is 0 Å². The molecule has 2 aliphatic heterocycles. The summed E-state index contributed by atoms with van der Waals surface area (Å²) in [6.07, 6.45) is 5.50. The molecule has 0 radical (unpaired) electrons. The van der Waals surface area contributed by atoms with Crippen LogP contribution in [0.2, 0.25) is 0 Å². The minimum absolute atomic E-state index is 0.174. The minimum atomic E-state index is -0.422. The summed E-state index contributed by atoms with van der Waals surface area (Å²) >= 11 is 0. The zero-order valence-corrected chi connectivity index (χ0v) is 14.4. The van der Waals surface area contributed by atoms with E-state index >= 15 is 0 Å². The van der Waals surface area contributed by atoms with Crippen molar-refractivity contribution in [3.8, 4) is 0 Å². The standard InChI is InChI=1S/C17H32N2O3/c1-17(2,3)22-16(20)19-9-5-4-6-15(13-19)18-12-14-7-10-21-11-8-14/h14-15,18H,4-13H2,1-3H3. The average Bonchev–Trinajstić information content (AvgIpc) is 2.70. The van der Waals surface area contributed by atoms with Gasteiger partial charge in [-0.15, -0.1) is 0 Å². The highest BCUT2D eigenvalue weighted by atomic mass is 16.6. The molecule has 0 saturated carbocycles. The summed E-state index contributed by atoms with van der Waals surface area (Å²) in [6, 6.07) is 0.387. The van der Waals surface area contributed by atoms with Crippen LogP contribution in [0.1, 0.15) is 52.9 Å². The first-order valence-corrected chi connectivity index (χ1v) is 8.73. The third-order valence-corrected chi connectivity index (χ3v) is 4.36. The highest BCUT2D eigenvalue weighted by Gasteiger charge is 2.26. The largest absolute Gasteiger partial charge is 0.444 e. The van der Waals surface area contributed by atoms with Crippen molar-refractivity contribution < 1.29 is 14.3 Å². The highest BCUT2D eigenvalue weighted by molar-refractivity contribution is 5.68. The van der Waals surface area contributed by atoms with Crippen LogP contribution in [0.15, 0.2) is 0 Å². The number of nitrogens with zero attached hydrogens (tertiary/aromatic N) is 1. The molecule has 0 spiro atoms. The molecule has 1 unspecified atom stereocenters. The van der Waals surface area contributed by atoms with E-state index < -0.39 is 5.60 Å². The summed E-state index contributed by atoms with van der Waals surface area (Å²) in [7, 11) is 0. The monoisotopic (exact) mass is 312 g/mol. The predicted octanol–water partition coefficient (Wildman–Crippen LogP) is 2.79. The Balaban J connectivity index is 1.80. The quantitative estimate of drug-likeness (QED) is 0.870. The Kier molecular flexibility index (Phi) is 6.50. The molecule has 0 aromatic rings. The molecule has 2 aliphatic rings. The Labute approximate surface area is 134 Å². The molecule has 2 fully saturated rings. The highest BCUT2D eigenvalue weighted by Crippen LogP contribution is 2.17. The van der Waals surface area contributed by atoms with E-state index in [1.165, 1.54) is 6.42 Å². The van der Waals surface area contributed by atoms with Crippen LogP contribution in [0.4, 0.5) is 4.79 Å². The molecule has 0 aromatic heterocycles. The molecule has 22 heavy (non-hydrogen) atoms. The number of nitrogens with one attached hydrogen (secondary N) is 1. The van der Waals surface area contributed by atoms with Crippen molar-refractivity contribution in [2.45, 2.75) is 64.5 Å². The zero-order valence-electron chi connectivity index (χ0n) is 14.4. The maximum Gasteiger partial charge on any atom is 0.410 e. The third-order valence-electron chi connectivity index (χ3n) is 4.36. The van der Waals surface area contributed by atoms with Gasteiger partial charge in [-0.05, 0) is 58.9 Å². The number of amides is 1. The summed E-state index contributed by atoms with van der Waals surface area (Å²) < 4.78 is 10.9. The van der Waals surface area contributed by atoms with Gasteiger partial charge in [0, 0.05) is 32.3 Å². The van der Waals surface area contributed by atoms with Crippen molar-refractivity contribution in [1.82, 2.24) is 10.2 Å². The van der Waals surface area contributed by atoms with Crippen LogP contribution in [0.3, 0.4) is 0 Å². The van der Waals surface area contributed by atoms with E-state index in [4.69, 9.17) is 9.47 Å². The lowest BCUT2D eigenvalue weighted by molar-refractivity contribution is 0.0241. The van der Waals surface area contributed by atoms with Crippen molar-refractivity contribution in [3.63, 3.8) is 0 Å². The van der Waals surface area contributed by atoms with E-state index in [9.17, 15) is 4.79 Å². The lowest BCUT2D eigenvalue weighted by atomic mass is 9.99. The van der Waals surface area contributed by atoms with Crippen LogP contribution in [0, 0.1) is 5.92 Å². The van der Waals surface area contributed by atoms with Gasteiger partial charge in [0.1, 0.15) is 5.60 Å². The Hall–Kier alpha value is -0.810. The normalized spacial score (nSPS) is 24.9. The van der Waals surface area contributed by atoms with Crippen LogP contribution in [0.5, 0.6) is 0 Å². The maximum atomic E-state index is 12.3. The van der Waals surface area contributed by atoms with E-state index in [1.54, 1.807) is 0 Å². The molecule has 1 amide bonds. The van der Waals surface area contributed by atoms with Crippen LogP contribution < -0.4 is 5.32 Å². The Morgan fingerprint density at radius 3 is 2.64 bits per heavy atom. The second-order valence-electron chi connectivity index (χ2n) is 7.58. The number of carbonyl (C=O) groups is 1. The van der Waals surface area contributed by atoms with E-state index in [0.717, 1.165) is 58.5 Å². The molecule has 2 rings (SSSR count). The second kappa shape index (κ2) is 8.16. The van der Waals surface area contributed by atoms with Crippen LogP contribution in [0.25, 0.3) is 0 Å². The van der Waals surface area contributed by atoms with Crippen molar-refractivity contribution in [2.75, 3.05) is 32.8 Å². The molecule has 0 aliphatic carbocycles. The second-order valence-corrected chi connectivity index (χ2v) is 7.58. The van der Waals surface area contributed by atoms with E-state index in [1.807, 2.05) is 25.7 Å². The predicted molar refractivity (Wildman–Crippen MR) is 87.0 cm³/mol. The lowest BCUT2D eigenvalue weighted by Crippen LogP contribution is -2.45. The molecule has 2 heterocycles. The molecule has 0 aromatic carbocycles. The van der Waals surface area contributed by atoms with E-state index in [-0.39, 0.29) is 6.09 Å². The fraction of sp³-hybridized carbons (Fsp3) is 0.941. The van der Waals surface area contributed by atoms with Gasteiger partial charge in [-0.25, -0.2) is 4.79 Å². The van der Waals surface area contributed by atoms with E-state index in [2.05, 4.69) is 5.32 Å². The first-order valence-electron chi connectivity index (χ1n) is 8.73. The Morgan fingerprint density at radius 1 is 1.23 bits per heavy atom. The smallest absolute Gasteiger partial charge is 0.410 e. The molecule has 1 atom stereocenters. The average molecular weight is 312 g/mol. The van der Waals surface area contributed by atoms with Gasteiger partial charge in [0.05, 0.1) is 0 Å². The summed E-state index contributed by atoms with van der Waals surface area (Å²) in [5, 5.41) is 3.67. The molecular formula is C17H32N2O3. The number of rotatable bonds is 3.